The molecule has 0 aliphatic heterocycles. The Morgan fingerprint density at radius 1 is 1.53 bits per heavy atom. The van der Waals surface area contributed by atoms with Crippen LogP contribution in [0.2, 0.25) is 0 Å². The Hall–Kier alpha value is 0.0900. The maximum atomic E-state index is 11.3. The molecule has 1 aromatic rings. The van der Waals surface area contributed by atoms with Gasteiger partial charge in [0.15, 0.2) is 0 Å². The van der Waals surface area contributed by atoms with Gasteiger partial charge in [-0.05, 0) is 47.3 Å². The lowest BCUT2D eigenvalue weighted by Gasteiger charge is -2.08. The van der Waals surface area contributed by atoms with Crippen LogP contribution in [0.3, 0.4) is 0 Å². The van der Waals surface area contributed by atoms with Crippen LogP contribution in [0.15, 0.2) is 9.85 Å². The molecule has 1 atom stereocenters. The average molecular weight is 340 g/mol. The largest absolute Gasteiger partial charge is 0.323 e. The normalized spacial score (nSPS) is 13.9. The van der Waals surface area contributed by atoms with Gasteiger partial charge in [0, 0.05) is 16.7 Å². The SMILES string of the molecule is CCS(=O)(=O)CCCC(N)c1cc(C)c(Br)s1. The Morgan fingerprint density at radius 2 is 2.18 bits per heavy atom. The predicted molar refractivity (Wildman–Crippen MR) is 77.2 cm³/mol. The first kappa shape index (κ1) is 15.1. The molecule has 1 rings (SSSR count). The Kier molecular flexibility index (Phi) is 5.63. The van der Waals surface area contributed by atoms with Gasteiger partial charge in [0.2, 0.25) is 0 Å². The van der Waals surface area contributed by atoms with Crippen LogP contribution in [-0.4, -0.2) is 19.9 Å². The van der Waals surface area contributed by atoms with Crippen molar-refractivity contribution in [1.82, 2.24) is 0 Å². The molecule has 0 spiro atoms. The van der Waals surface area contributed by atoms with E-state index in [1.165, 1.54) is 5.56 Å². The Labute approximate surface area is 115 Å². The highest BCUT2D eigenvalue weighted by molar-refractivity contribution is 9.11. The van der Waals surface area contributed by atoms with Crippen LogP contribution in [0.1, 0.15) is 36.2 Å². The second-order valence-electron chi connectivity index (χ2n) is 4.09. The molecule has 1 heterocycles. The van der Waals surface area contributed by atoms with E-state index in [9.17, 15) is 8.42 Å². The quantitative estimate of drug-likeness (QED) is 0.866. The van der Waals surface area contributed by atoms with Crippen LogP contribution < -0.4 is 5.73 Å². The van der Waals surface area contributed by atoms with Crippen molar-refractivity contribution in [2.24, 2.45) is 5.73 Å². The van der Waals surface area contributed by atoms with Gasteiger partial charge in [-0.1, -0.05) is 6.92 Å². The lowest BCUT2D eigenvalue weighted by molar-refractivity contribution is 0.585. The first-order chi connectivity index (χ1) is 7.85. The third-order valence-corrected chi connectivity index (χ3v) is 6.71. The van der Waals surface area contributed by atoms with E-state index in [1.54, 1.807) is 18.3 Å². The first-order valence-electron chi connectivity index (χ1n) is 5.57. The summed E-state index contributed by atoms with van der Waals surface area (Å²) in [6.07, 6.45) is 1.34. The fraction of sp³-hybridized carbons (Fsp3) is 0.636. The van der Waals surface area contributed by atoms with E-state index in [4.69, 9.17) is 5.73 Å². The van der Waals surface area contributed by atoms with Gasteiger partial charge >= 0.3 is 0 Å². The molecule has 0 fully saturated rings. The van der Waals surface area contributed by atoms with Gasteiger partial charge in [0.25, 0.3) is 0 Å². The van der Waals surface area contributed by atoms with Gasteiger partial charge in [-0.3, -0.25) is 0 Å². The Balaban J connectivity index is 2.48. The molecule has 1 aromatic heterocycles. The molecule has 0 bridgehead atoms. The highest BCUT2D eigenvalue weighted by atomic mass is 79.9. The summed E-state index contributed by atoms with van der Waals surface area (Å²) < 4.78 is 23.8. The van der Waals surface area contributed by atoms with Crippen molar-refractivity contribution < 1.29 is 8.42 Å². The number of halogens is 1. The molecule has 0 saturated heterocycles. The summed E-state index contributed by atoms with van der Waals surface area (Å²) in [4.78, 5) is 1.11. The van der Waals surface area contributed by atoms with E-state index in [2.05, 4.69) is 22.0 Å². The zero-order chi connectivity index (χ0) is 13.1. The third kappa shape index (κ3) is 4.69. The topological polar surface area (TPSA) is 60.2 Å². The first-order valence-corrected chi connectivity index (χ1v) is 9.00. The zero-order valence-corrected chi connectivity index (χ0v) is 13.3. The smallest absolute Gasteiger partial charge is 0.150 e. The van der Waals surface area contributed by atoms with Gasteiger partial charge in [-0.15, -0.1) is 11.3 Å². The maximum Gasteiger partial charge on any atom is 0.150 e. The standard InChI is InChI=1S/C11H18BrNO2S2/c1-3-17(14,15)6-4-5-9(13)10-7-8(2)11(12)16-10/h7,9H,3-6,13H2,1-2H3. The molecule has 0 aliphatic rings. The van der Waals surface area contributed by atoms with Crippen LogP contribution in [0.5, 0.6) is 0 Å². The number of aryl methyl sites for hydroxylation is 1. The van der Waals surface area contributed by atoms with Crippen LogP contribution in [0.4, 0.5) is 0 Å². The molecular formula is C11H18BrNO2S2. The molecule has 0 amide bonds. The molecule has 98 valence electrons. The number of hydrogen-bond acceptors (Lipinski definition) is 4. The highest BCUT2D eigenvalue weighted by Gasteiger charge is 2.13. The minimum Gasteiger partial charge on any atom is -0.323 e. The molecule has 0 aliphatic carbocycles. The van der Waals surface area contributed by atoms with Crippen molar-refractivity contribution in [1.29, 1.82) is 0 Å². The molecule has 6 heteroatoms. The Bertz CT molecular complexity index is 448. The fourth-order valence-electron chi connectivity index (χ4n) is 1.48. The van der Waals surface area contributed by atoms with Crippen LogP contribution >= 0.6 is 27.3 Å². The van der Waals surface area contributed by atoms with Crippen LogP contribution in [0.25, 0.3) is 0 Å². The van der Waals surface area contributed by atoms with Gasteiger partial charge in [0.1, 0.15) is 9.84 Å². The van der Waals surface area contributed by atoms with Crippen molar-refractivity contribution in [2.45, 2.75) is 32.7 Å². The summed E-state index contributed by atoms with van der Waals surface area (Å²) in [5.41, 5.74) is 7.22. The second kappa shape index (κ2) is 6.31. The molecular weight excluding hydrogens is 322 g/mol. The number of sulfone groups is 1. The molecule has 0 radical (unpaired) electrons. The maximum absolute atomic E-state index is 11.3. The molecule has 1 unspecified atom stereocenters. The fourth-order valence-corrected chi connectivity index (χ4v) is 3.98. The third-order valence-electron chi connectivity index (χ3n) is 2.65. The zero-order valence-electron chi connectivity index (χ0n) is 10.1. The van der Waals surface area contributed by atoms with E-state index >= 15 is 0 Å². The van der Waals surface area contributed by atoms with E-state index in [1.807, 2.05) is 6.92 Å². The second-order valence-corrected chi connectivity index (χ2v) is 8.96. The minimum absolute atomic E-state index is 0.0583. The van der Waals surface area contributed by atoms with Crippen molar-refractivity contribution in [3.63, 3.8) is 0 Å². The van der Waals surface area contributed by atoms with Gasteiger partial charge in [0.05, 0.1) is 9.54 Å². The molecule has 2 N–H and O–H groups in total. The number of nitrogens with two attached hydrogens (primary N) is 1. The monoisotopic (exact) mass is 339 g/mol. The summed E-state index contributed by atoms with van der Waals surface area (Å²) in [7, 11) is -2.86. The van der Waals surface area contributed by atoms with Gasteiger partial charge in [-0.25, -0.2) is 8.42 Å². The lowest BCUT2D eigenvalue weighted by Crippen LogP contribution is -2.13. The minimum atomic E-state index is -2.86. The average Bonchev–Trinajstić information content (AvgIpc) is 2.59. The predicted octanol–water partition coefficient (Wildman–Crippen LogP) is 3.03. The molecule has 0 saturated carbocycles. The molecule has 17 heavy (non-hydrogen) atoms. The lowest BCUT2D eigenvalue weighted by atomic mass is 10.1. The van der Waals surface area contributed by atoms with Gasteiger partial charge < -0.3 is 5.73 Å². The summed E-state index contributed by atoms with van der Waals surface area (Å²) in [6, 6.07) is 2.00. The van der Waals surface area contributed by atoms with E-state index in [0.717, 1.165) is 8.66 Å². The number of thiophene rings is 1. The highest BCUT2D eigenvalue weighted by Crippen LogP contribution is 2.32. The van der Waals surface area contributed by atoms with Crippen molar-refractivity contribution in [3.05, 3.63) is 20.3 Å². The molecule has 0 aromatic carbocycles. The summed E-state index contributed by atoms with van der Waals surface area (Å²) in [6.45, 7) is 3.70. The Morgan fingerprint density at radius 3 is 2.65 bits per heavy atom. The van der Waals surface area contributed by atoms with Crippen LogP contribution in [0, 0.1) is 6.92 Å². The summed E-state index contributed by atoms with van der Waals surface area (Å²) >= 11 is 5.09. The van der Waals surface area contributed by atoms with E-state index in [0.29, 0.717) is 12.8 Å². The van der Waals surface area contributed by atoms with E-state index in [-0.39, 0.29) is 17.5 Å². The van der Waals surface area contributed by atoms with Gasteiger partial charge in [-0.2, -0.15) is 0 Å². The van der Waals surface area contributed by atoms with Crippen molar-refractivity contribution in [3.8, 4) is 0 Å². The van der Waals surface area contributed by atoms with Crippen molar-refractivity contribution in [2.75, 3.05) is 11.5 Å². The molecule has 3 nitrogen and oxygen atoms in total. The van der Waals surface area contributed by atoms with Crippen molar-refractivity contribution >= 4 is 37.1 Å². The van der Waals surface area contributed by atoms with Crippen LogP contribution in [-0.2, 0) is 9.84 Å². The summed E-state index contributed by atoms with van der Waals surface area (Å²) in [5, 5.41) is 0. The number of rotatable bonds is 6. The number of hydrogen-bond donors (Lipinski definition) is 1. The van der Waals surface area contributed by atoms with E-state index < -0.39 is 9.84 Å². The summed E-state index contributed by atoms with van der Waals surface area (Å²) in [5.74, 6) is 0.453.